The number of para-hydroxylation sites is 2. The van der Waals surface area contributed by atoms with Crippen LogP contribution in [0, 0.1) is 11.8 Å². The highest BCUT2D eigenvalue weighted by atomic mass is 32.2. The molecule has 0 spiro atoms. The third kappa shape index (κ3) is 8.36. The van der Waals surface area contributed by atoms with Gasteiger partial charge in [-0.2, -0.15) is 0 Å². The van der Waals surface area contributed by atoms with Gasteiger partial charge in [0, 0.05) is 34.7 Å². The van der Waals surface area contributed by atoms with E-state index in [2.05, 4.69) is 15.7 Å². The van der Waals surface area contributed by atoms with Gasteiger partial charge in [0.05, 0.1) is 27.5 Å². The first-order valence-electron chi connectivity index (χ1n) is 15.7. The number of carbonyl (C=O) groups is 4. The Balaban J connectivity index is 1.35. The van der Waals surface area contributed by atoms with Crippen LogP contribution in [0.2, 0.25) is 0 Å². The Morgan fingerprint density at radius 1 is 0.920 bits per heavy atom. The predicted octanol–water partition coefficient (Wildman–Crippen LogP) is 5.82. The van der Waals surface area contributed by atoms with E-state index >= 15 is 0 Å². The molecule has 2 amide bonds. The molecule has 0 fully saturated rings. The summed E-state index contributed by atoms with van der Waals surface area (Å²) < 4.78 is 14.0. The summed E-state index contributed by atoms with van der Waals surface area (Å²) in [6.45, 7) is 3.69. The van der Waals surface area contributed by atoms with Crippen molar-refractivity contribution in [1.82, 2.24) is 15.0 Å². The van der Waals surface area contributed by atoms with Gasteiger partial charge in [-0.25, -0.2) is 14.6 Å². The molecule has 258 valence electrons. The van der Waals surface area contributed by atoms with Crippen molar-refractivity contribution in [3.05, 3.63) is 108 Å². The molecular weight excluding hydrogens is 679 g/mol. The second-order valence-corrected chi connectivity index (χ2v) is 14.2. The number of fused-ring (bicyclic) bond motifs is 2. The number of rotatable bonds is 15. The molecule has 0 aliphatic carbocycles. The van der Waals surface area contributed by atoms with Crippen LogP contribution in [0.4, 0.5) is 0 Å². The van der Waals surface area contributed by atoms with Gasteiger partial charge in [0.1, 0.15) is 6.04 Å². The summed E-state index contributed by atoms with van der Waals surface area (Å²) in [7, 11) is -0.689. The average Bonchev–Trinajstić information content (AvgIpc) is 3.45. The van der Waals surface area contributed by atoms with Gasteiger partial charge in [-0.1, -0.05) is 56.3 Å². The van der Waals surface area contributed by atoms with Crippen LogP contribution < -0.4 is 10.7 Å². The molecule has 0 aliphatic heterocycles. The molecule has 12 nitrogen and oxygen atoms in total. The third-order valence-electron chi connectivity index (χ3n) is 8.19. The summed E-state index contributed by atoms with van der Waals surface area (Å²) in [6, 6.07) is 22.1. The molecule has 5 rings (SSSR count). The Hall–Kier alpha value is -5.10. The standard InChI is InChI=1S/C36H35N4O8PS/c1-21(2)17-27(36(47,49-48)20-50-31-16-15-22-7-3-5-9-28(22)37-31)33(42)38-29(35(45)46)18-25-19-40(30-10-6-4-8-26(25)30)39-32(41)23-11-13-24(14-12-23)34(43)44/h3-16,19,21,27,29,47H,17-18,20H2,1-2H3,(H,38,42)(H,39,41)(H,43,44)(H,45,46)/t27?,29-,36?/m0/s1. The van der Waals surface area contributed by atoms with Gasteiger partial charge in [0.2, 0.25) is 5.91 Å². The largest absolute Gasteiger partial charge is 0.480 e. The number of benzene rings is 3. The molecule has 3 atom stereocenters. The predicted molar refractivity (Wildman–Crippen MR) is 190 cm³/mol. The van der Waals surface area contributed by atoms with Crippen LogP contribution in [0.1, 0.15) is 46.5 Å². The minimum Gasteiger partial charge on any atom is -0.480 e. The number of amides is 2. The molecule has 0 radical (unpaired) electrons. The highest BCUT2D eigenvalue weighted by Gasteiger charge is 2.44. The van der Waals surface area contributed by atoms with Gasteiger partial charge in [-0.15, -0.1) is 11.8 Å². The molecule has 3 aromatic carbocycles. The molecule has 0 bridgehead atoms. The maximum absolute atomic E-state index is 13.8. The van der Waals surface area contributed by atoms with E-state index in [0.717, 1.165) is 22.7 Å². The van der Waals surface area contributed by atoms with Crippen molar-refractivity contribution in [3.63, 3.8) is 0 Å². The first-order chi connectivity index (χ1) is 23.9. The summed E-state index contributed by atoms with van der Waals surface area (Å²) in [6.07, 6.45) is 1.52. The van der Waals surface area contributed by atoms with Crippen molar-refractivity contribution in [2.45, 2.75) is 43.1 Å². The lowest BCUT2D eigenvalue weighted by Gasteiger charge is -2.31. The van der Waals surface area contributed by atoms with E-state index in [4.69, 9.17) is 5.11 Å². The number of aliphatic carboxylic acids is 1. The van der Waals surface area contributed by atoms with Gasteiger partial charge in [-0.3, -0.25) is 24.3 Å². The second-order valence-electron chi connectivity index (χ2n) is 12.3. The number of nitrogens with one attached hydrogen (secondary N) is 2. The maximum atomic E-state index is 13.8. The van der Waals surface area contributed by atoms with Crippen LogP contribution in [0.15, 0.2) is 96.2 Å². The highest BCUT2D eigenvalue weighted by Crippen LogP contribution is 2.38. The van der Waals surface area contributed by atoms with E-state index in [1.165, 1.54) is 28.9 Å². The van der Waals surface area contributed by atoms with Crippen molar-refractivity contribution >= 4 is 65.8 Å². The highest BCUT2D eigenvalue weighted by molar-refractivity contribution is 7.99. The van der Waals surface area contributed by atoms with Crippen molar-refractivity contribution in [3.8, 4) is 0 Å². The Morgan fingerprint density at radius 2 is 1.60 bits per heavy atom. The van der Waals surface area contributed by atoms with E-state index in [-0.39, 0.29) is 35.6 Å². The second kappa shape index (κ2) is 15.6. The molecule has 0 saturated heterocycles. The fraction of sp³-hybridized carbons (Fsp3) is 0.250. The molecule has 50 heavy (non-hydrogen) atoms. The van der Waals surface area contributed by atoms with E-state index in [9.17, 15) is 34.0 Å². The zero-order valence-corrected chi connectivity index (χ0v) is 28.9. The number of nitrogens with zero attached hydrogens (tertiary/aromatic N) is 2. The van der Waals surface area contributed by atoms with E-state index in [1.54, 1.807) is 36.5 Å². The molecule has 5 N–H and O–H groups in total. The van der Waals surface area contributed by atoms with Gasteiger partial charge in [-0.05, 0) is 60.4 Å². The molecule has 14 heteroatoms. The van der Waals surface area contributed by atoms with Crippen LogP contribution in [-0.4, -0.2) is 65.9 Å². The maximum Gasteiger partial charge on any atom is 0.335 e. The first kappa shape index (κ1) is 36.2. The number of carbonyl (C=O) groups excluding carboxylic acids is 2. The lowest BCUT2D eigenvalue weighted by Crippen LogP contribution is -2.51. The number of thioether (sulfide) groups is 1. The number of carboxylic acids is 2. The molecule has 2 aromatic heterocycles. The quantitative estimate of drug-likeness (QED) is 0.0653. The summed E-state index contributed by atoms with van der Waals surface area (Å²) >= 11 is 1.15. The minimum atomic E-state index is -2.03. The molecule has 0 saturated carbocycles. The van der Waals surface area contributed by atoms with E-state index in [0.29, 0.717) is 21.5 Å². The van der Waals surface area contributed by atoms with Gasteiger partial charge < -0.3 is 20.6 Å². The number of hydrogen-bond acceptors (Lipinski definition) is 8. The third-order valence-corrected chi connectivity index (χ3v) is 10.3. The van der Waals surface area contributed by atoms with Gasteiger partial charge in [0.25, 0.3) is 5.91 Å². The molecule has 2 heterocycles. The summed E-state index contributed by atoms with van der Waals surface area (Å²) in [5.74, 6) is -5.19. The zero-order valence-electron chi connectivity index (χ0n) is 27.1. The lowest BCUT2D eigenvalue weighted by atomic mass is 9.90. The molecule has 5 aromatic rings. The number of aromatic carboxylic acids is 1. The number of aliphatic hydroxyl groups is 1. The zero-order chi connectivity index (χ0) is 36.0. The van der Waals surface area contributed by atoms with Crippen LogP contribution in [0.25, 0.3) is 21.8 Å². The fourth-order valence-electron chi connectivity index (χ4n) is 5.61. The monoisotopic (exact) mass is 714 g/mol. The smallest absolute Gasteiger partial charge is 0.335 e. The summed E-state index contributed by atoms with van der Waals surface area (Å²) in [4.78, 5) is 55.1. The van der Waals surface area contributed by atoms with Crippen LogP contribution in [-0.2, 0) is 20.6 Å². The van der Waals surface area contributed by atoms with Crippen molar-refractivity contribution in [2.75, 3.05) is 11.2 Å². The van der Waals surface area contributed by atoms with Crippen LogP contribution >= 0.6 is 20.2 Å². The van der Waals surface area contributed by atoms with Gasteiger partial charge >= 0.3 is 11.9 Å². The summed E-state index contributed by atoms with van der Waals surface area (Å²) in [5.41, 5.74) is 4.79. The number of hydrogen-bond donors (Lipinski definition) is 5. The number of aromatic nitrogens is 2. The fourth-order valence-corrected chi connectivity index (χ4v) is 7.25. The van der Waals surface area contributed by atoms with Crippen molar-refractivity contribution < 1.29 is 39.1 Å². The SMILES string of the molecule is CC(C)CC(C(=O)N[C@@H](Cc1cn(NC(=O)c2ccc(C(=O)O)cc2)c2ccccc12)C(=O)O)C(O)(CSc1ccc2ccccc2n1)P=O. The Morgan fingerprint density at radius 3 is 2.28 bits per heavy atom. The molecule has 2 unspecified atom stereocenters. The number of pyridine rings is 1. The van der Waals surface area contributed by atoms with Crippen molar-refractivity contribution in [2.24, 2.45) is 11.8 Å². The Labute approximate surface area is 293 Å². The molecular formula is C36H35N4O8PS. The lowest BCUT2D eigenvalue weighted by molar-refractivity contribution is -0.143. The molecule has 0 aliphatic rings. The topological polar surface area (TPSA) is 188 Å². The van der Waals surface area contributed by atoms with Crippen molar-refractivity contribution in [1.29, 1.82) is 0 Å². The Bertz CT molecular complexity index is 2070. The van der Waals surface area contributed by atoms with E-state index in [1.807, 2.05) is 44.2 Å². The number of carboxylic acid groups (broad SMARTS) is 2. The Kier molecular flexibility index (Phi) is 11.3. The van der Waals surface area contributed by atoms with Gasteiger partial charge in [0.15, 0.2) is 13.8 Å². The average molecular weight is 715 g/mol. The minimum absolute atomic E-state index is 0.0292. The van der Waals surface area contributed by atoms with E-state index < -0.39 is 49.5 Å². The van der Waals surface area contributed by atoms with Crippen LogP contribution in [0.5, 0.6) is 0 Å². The summed E-state index contributed by atoms with van der Waals surface area (Å²) in [5, 5.41) is 33.7. The normalized spacial score (nSPS) is 13.9. The first-order valence-corrected chi connectivity index (χ1v) is 17.5. The van der Waals surface area contributed by atoms with Crippen LogP contribution in [0.3, 0.4) is 0 Å².